The SMILES string of the molecule is CN1CCC(CN(C)c2ccc(CCN)cc2)CC1. The van der Waals surface area contributed by atoms with Gasteiger partial charge in [0.05, 0.1) is 0 Å². The number of nitrogens with zero attached hydrogens (tertiary/aromatic N) is 2. The molecule has 2 rings (SSSR count). The van der Waals surface area contributed by atoms with Gasteiger partial charge < -0.3 is 15.5 Å². The lowest BCUT2D eigenvalue weighted by molar-refractivity contribution is 0.222. The predicted molar refractivity (Wildman–Crippen MR) is 82.7 cm³/mol. The van der Waals surface area contributed by atoms with Crippen molar-refractivity contribution in [1.29, 1.82) is 0 Å². The molecule has 2 N–H and O–H groups in total. The summed E-state index contributed by atoms with van der Waals surface area (Å²) in [6, 6.07) is 8.85. The molecule has 1 aliphatic rings. The highest BCUT2D eigenvalue weighted by Crippen LogP contribution is 2.21. The fraction of sp³-hybridized carbons (Fsp3) is 0.625. The molecule has 1 fully saturated rings. The molecule has 1 aliphatic heterocycles. The summed E-state index contributed by atoms with van der Waals surface area (Å²) >= 11 is 0. The van der Waals surface area contributed by atoms with Gasteiger partial charge in [0.25, 0.3) is 0 Å². The first kappa shape index (κ1) is 14.4. The largest absolute Gasteiger partial charge is 0.374 e. The van der Waals surface area contributed by atoms with Crippen molar-refractivity contribution in [2.45, 2.75) is 19.3 Å². The number of likely N-dealkylation sites (tertiary alicyclic amines) is 1. The highest BCUT2D eigenvalue weighted by molar-refractivity contribution is 5.47. The number of anilines is 1. The Morgan fingerprint density at radius 3 is 2.42 bits per heavy atom. The summed E-state index contributed by atoms with van der Waals surface area (Å²) in [5.41, 5.74) is 8.23. The Morgan fingerprint density at radius 2 is 1.84 bits per heavy atom. The normalized spacial score (nSPS) is 17.6. The molecule has 0 spiro atoms. The predicted octanol–water partition coefficient (Wildman–Crippen LogP) is 1.97. The Balaban J connectivity index is 1.86. The van der Waals surface area contributed by atoms with Crippen molar-refractivity contribution in [1.82, 2.24) is 4.90 Å². The molecule has 0 radical (unpaired) electrons. The van der Waals surface area contributed by atoms with Gasteiger partial charge in [-0.2, -0.15) is 0 Å². The van der Waals surface area contributed by atoms with Gasteiger partial charge in [0.15, 0.2) is 0 Å². The van der Waals surface area contributed by atoms with E-state index in [1.54, 1.807) is 0 Å². The van der Waals surface area contributed by atoms with E-state index >= 15 is 0 Å². The molecule has 1 aromatic carbocycles. The number of hydrogen-bond donors (Lipinski definition) is 1. The molecule has 0 amide bonds. The Hall–Kier alpha value is -1.06. The molecular formula is C16H27N3. The van der Waals surface area contributed by atoms with Crippen molar-refractivity contribution < 1.29 is 0 Å². The van der Waals surface area contributed by atoms with Gasteiger partial charge in [0, 0.05) is 19.3 Å². The summed E-state index contributed by atoms with van der Waals surface area (Å²) in [7, 11) is 4.42. The monoisotopic (exact) mass is 261 g/mol. The van der Waals surface area contributed by atoms with Gasteiger partial charge in [-0.25, -0.2) is 0 Å². The van der Waals surface area contributed by atoms with Gasteiger partial charge >= 0.3 is 0 Å². The van der Waals surface area contributed by atoms with Gasteiger partial charge in [-0.3, -0.25) is 0 Å². The van der Waals surface area contributed by atoms with E-state index < -0.39 is 0 Å². The lowest BCUT2D eigenvalue weighted by Crippen LogP contribution is -2.35. The second-order valence-corrected chi connectivity index (χ2v) is 5.83. The summed E-state index contributed by atoms with van der Waals surface area (Å²) in [4.78, 5) is 4.82. The first-order valence-electron chi connectivity index (χ1n) is 7.37. The van der Waals surface area contributed by atoms with Crippen molar-refractivity contribution in [3.05, 3.63) is 29.8 Å². The number of benzene rings is 1. The second kappa shape index (κ2) is 6.92. The van der Waals surface area contributed by atoms with Crippen molar-refractivity contribution in [3.8, 4) is 0 Å². The number of nitrogens with two attached hydrogens (primary N) is 1. The Labute approximate surface area is 117 Å². The average Bonchev–Trinajstić information content (AvgIpc) is 2.42. The molecule has 3 nitrogen and oxygen atoms in total. The molecule has 1 saturated heterocycles. The fourth-order valence-corrected chi connectivity index (χ4v) is 2.82. The van der Waals surface area contributed by atoms with Gasteiger partial charge in [-0.05, 0) is 69.6 Å². The Kier molecular flexibility index (Phi) is 5.23. The molecule has 1 aromatic rings. The minimum atomic E-state index is 0.727. The smallest absolute Gasteiger partial charge is 0.0363 e. The molecule has 1 heterocycles. The van der Waals surface area contributed by atoms with E-state index in [1.807, 2.05) is 0 Å². The highest BCUT2D eigenvalue weighted by Gasteiger charge is 2.18. The number of piperidine rings is 1. The summed E-state index contributed by atoms with van der Waals surface area (Å²) < 4.78 is 0. The number of hydrogen-bond acceptors (Lipinski definition) is 3. The van der Waals surface area contributed by atoms with E-state index in [1.165, 1.54) is 43.7 Å². The third kappa shape index (κ3) is 4.22. The van der Waals surface area contributed by atoms with Crippen LogP contribution in [0, 0.1) is 5.92 Å². The quantitative estimate of drug-likeness (QED) is 0.879. The van der Waals surface area contributed by atoms with Crippen LogP contribution in [0.3, 0.4) is 0 Å². The van der Waals surface area contributed by atoms with Crippen LogP contribution < -0.4 is 10.6 Å². The molecule has 0 aromatic heterocycles. The van der Waals surface area contributed by atoms with Crippen molar-refractivity contribution in [2.24, 2.45) is 11.7 Å². The standard InChI is InChI=1S/C16H27N3/c1-18-11-8-15(9-12-18)13-19(2)16-5-3-14(4-6-16)7-10-17/h3-6,15H,7-13,17H2,1-2H3. The highest BCUT2D eigenvalue weighted by atomic mass is 15.1. The molecule has 19 heavy (non-hydrogen) atoms. The van der Waals surface area contributed by atoms with Crippen molar-refractivity contribution >= 4 is 5.69 Å². The van der Waals surface area contributed by atoms with Gasteiger partial charge in [-0.1, -0.05) is 12.1 Å². The lowest BCUT2D eigenvalue weighted by Gasteiger charge is -2.32. The molecule has 3 heteroatoms. The van der Waals surface area contributed by atoms with Crippen molar-refractivity contribution in [2.75, 3.05) is 45.2 Å². The van der Waals surface area contributed by atoms with Crippen LogP contribution in [0.25, 0.3) is 0 Å². The molecule has 0 unspecified atom stereocenters. The molecule has 0 atom stereocenters. The summed E-state index contributed by atoms with van der Waals surface area (Å²) in [5, 5.41) is 0. The summed E-state index contributed by atoms with van der Waals surface area (Å²) in [6.07, 6.45) is 3.62. The fourth-order valence-electron chi connectivity index (χ4n) is 2.82. The van der Waals surface area contributed by atoms with Crippen LogP contribution in [-0.2, 0) is 6.42 Å². The van der Waals surface area contributed by atoms with E-state index in [9.17, 15) is 0 Å². The zero-order chi connectivity index (χ0) is 13.7. The molecular weight excluding hydrogens is 234 g/mol. The summed E-state index contributed by atoms with van der Waals surface area (Å²) in [6.45, 7) is 4.39. The third-order valence-corrected chi connectivity index (χ3v) is 4.18. The maximum atomic E-state index is 5.58. The van der Waals surface area contributed by atoms with Crippen LogP contribution >= 0.6 is 0 Å². The Bertz CT molecular complexity index is 366. The Morgan fingerprint density at radius 1 is 1.21 bits per heavy atom. The van der Waals surface area contributed by atoms with E-state index in [-0.39, 0.29) is 0 Å². The van der Waals surface area contributed by atoms with Crippen LogP contribution in [0.15, 0.2) is 24.3 Å². The van der Waals surface area contributed by atoms with E-state index in [4.69, 9.17) is 5.73 Å². The van der Waals surface area contributed by atoms with Crippen LogP contribution in [-0.4, -0.2) is 45.2 Å². The second-order valence-electron chi connectivity index (χ2n) is 5.83. The molecule has 106 valence electrons. The van der Waals surface area contributed by atoms with Gasteiger partial charge in [-0.15, -0.1) is 0 Å². The minimum Gasteiger partial charge on any atom is -0.374 e. The van der Waals surface area contributed by atoms with Crippen molar-refractivity contribution in [3.63, 3.8) is 0 Å². The van der Waals surface area contributed by atoms with Gasteiger partial charge in [0.1, 0.15) is 0 Å². The van der Waals surface area contributed by atoms with E-state index in [0.717, 1.165) is 18.9 Å². The van der Waals surface area contributed by atoms with Crippen LogP contribution in [0.5, 0.6) is 0 Å². The number of rotatable bonds is 5. The molecule has 0 aliphatic carbocycles. The first-order valence-corrected chi connectivity index (χ1v) is 7.37. The molecule has 0 saturated carbocycles. The average molecular weight is 261 g/mol. The minimum absolute atomic E-state index is 0.727. The van der Waals surface area contributed by atoms with Crippen LogP contribution in [0.4, 0.5) is 5.69 Å². The topological polar surface area (TPSA) is 32.5 Å². The van der Waals surface area contributed by atoms with Crippen LogP contribution in [0.2, 0.25) is 0 Å². The summed E-state index contributed by atoms with van der Waals surface area (Å²) in [5.74, 6) is 0.838. The van der Waals surface area contributed by atoms with Gasteiger partial charge in [0.2, 0.25) is 0 Å². The van der Waals surface area contributed by atoms with Crippen LogP contribution in [0.1, 0.15) is 18.4 Å². The van der Waals surface area contributed by atoms with E-state index in [0.29, 0.717) is 0 Å². The molecule has 0 bridgehead atoms. The zero-order valence-corrected chi connectivity index (χ0v) is 12.3. The first-order chi connectivity index (χ1) is 9.19. The lowest BCUT2D eigenvalue weighted by atomic mass is 9.96. The maximum absolute atomic E-state index is 5.58. The maximum Gasteiger partial charge on any atom is 0.0363 e. The third-order valence-electron chi connectivity index (χ3n) is 4.18. The van der Waals surface area contributed by atoms with E-state index in [2.05, 4.69) is 48.2 Å². The zero-order valence-electron chi connectivity index (χ0n) is 12.3.